The Morgan fingerprint density at radius 3 is 2.08 bits per heavy atom. The third-order valence-corrected chi connectivity index (χ3v) is 12.7. The lowest BCUT2D eigenvalue weighted by Gasteiger charge is -2.32. The van der Waals surface area contributed by atoms with Crippen molar-refractivity contribution in [3.05, 3.63) is 88.7 Å². The lowest BCUT2D eigenvalue weighted by molar-refractivity contribution is -0.141. The molecule has 1 saturated carbocycles. The number of carbonyl (C=O) groups excluding carboxylic acids is 5. The van der Waals surface area contributed by atoms with Gasteiger partial charge in [-0.1, -0.05) is 18.6 Å². The highest BCUT2D eigenvalue weighted by Gasteiger charge is 2.37. The molecule has 21 nitrogen and oxygen atoms in total. The number of carbonyl (C=O) groups is 5. The smallest absolute Gasteiger partial charge is 0.255 e. The van der Waals surface area contributed by atoms with Crippen LogP contribution >= 0.6 is 0 Å². The van der Waals surface area contributed by atoms with Gasteiger partial charge in [-0.15, -0.1) is 0 Å². The second-order valence-corrected chi connectivity index (χ2v) is 18.3. The maximum absolute atomic E-state index is 14.8. The molecule has 3 aromatic carbocycles. The zero-order chi connectivity index (χ0) is 52.8. The summed E-state index contributed by atoms with van der Waals surface area (Å²) in [6.45, 7) is 3.66. The number of nitriles is 1. The number of hydrogen-bond donors (Lipinski definition) is 9. The molecule has 73 heavy (non-hydrogen) atoms. The molecule has 1 aliphatic carbocycles. The quantitative estimate of drug-likeness (QED) is 0.0599. The lowest BCUT2D eigenvalue weighted by atomic mass is 9.93. The van der Waals surface area contributed by atoms with E-state index in [-0.39, 0.29) is 81.0 Å². The van der Waals surface area contributed by atoms with Gasteiger partial charge in [0.05, 0.1) is 29.1 Å². The van der Waals surface area contributed by atoms with Gasteiger partial charge in [-0.25, -0.2) is 9.97 Å². The van der Waals surface area contributed by atoms with Crippen LogP contribution in [-0.4, -0.2) is 137 Å². The molecule has 4 bridgehead atoms. The van der Waals surface area contributed by atoms with Crippen molar-refractivity contribution in [1.29, 1.82) is 5.26 Å². The molecule has 2 heterocycles. The predicted molar refractivity (Wildman–Crippen MR) is 270 cm³/mol. The molecule has 0 saturated heterocycles. The zero-order valence-corrected chi connectivity index (χ0v) is 41.7. The Labute approximate surface area is 424 Å². The third kappa shape index (κ3) is 14.3. The summed E-state index contributed by atoms with van der Waals surface area (Å²) in [7, 11) is 1.37. The number of benzene rings is 3. The van der Waals surface area contributed by atoms with Gasteiger partial charge in [-0.3, -0.25) is 24.0 Å². The first-order valence-electron chi connectivity index (χ1n) is 24.5. The summed E-state index contributed by atoms with van der Waals surface area (Å²) in [5.74, 6) is -2.06. The highest BCUT2D eigenvalue weighted by Crippen LogP contribution is 2.40. The first-order valence-corrected chi connectivity index (χ1v) is 24.5. The van der Waals surface area contributed by atoms with Gasteiger partial charge in [0, 0.05) is 43.2 Å². The summed E-state index contributed by atoms with van der Waals surface area (Å²) < 4.78 is 18.4. The monoisotopic (exact) mass is 1010 g/mol. The fraction of sp³-hybridized carbons (Fsp3) is 0.462. The van der Waals surface area contributed by atoms with Crippen LogP contribution in [0.15, 0.2) is 60.7 Å². The minimum atomic E-state index is -1.50. The molecular formula is C52H67N11O10. The van der Waals surface area contributed by atoms with Gasteiger partial charge in [0.15, 0.2) is 5.82 Å². The Balaban J connectivity index is 1.37. The van der Waals surface area contributed by atoms with E-state index in [1.165, 1.54) is 32.5 Å². The molecule has 390 valence electrons. The molecule has 1 aromatic heterocycles. The van der Waals surface area contributed by atoms with E-state index >= 15 is 0 Å². The Bertz CT molecular complexity index is 2620. The van der Waals surface area contributed by atoms with Crippen molar-refractivity contribution in [1.82, 2.24) is 36.1 Å². The summed E-state index contributed by atoms with van der Waals surface area (Å²) in [6, 6.07) is 13.6. The third-order valence-electron chi connectivity index (χ3n) is 12.7. The van der Waals surface area contributed by atoms with E-state index in [1.807, 2.05) is 30.3 Å². The van der Waals surface area contributed by atoms with E-state index in [2.05, 4.69) is 31.2 Å². The number of nitrogens with two attached hydrogens (primary N) is 3. The molecule has 5 amide bonds. The van der Waals surface area contributed by atoms with Crippen molar-refractivity contribution in [2.45, 2.75) is 108 Å². The highest BCUT2D eigenvalue weighted by molar-refractivity contribution is 6.00. The summed E-state index contributed by atoms with van der Waals surface area (Å²) in [6.07, 6.45) is 3.50. The minimum absolute atomic E-state index is 0.0433. The number of aliphatic hydroxyl groups excluding tert-OH is 2. The van der Waals surface area contributed by atoms with Crippen LogP contribution in [0.3, 0.4) is 0 Å². The number of nitrogens with one attached hydrogen (secondary N) is 4. The number of fused-ring (bicyclic) bond motifs is 5. The van der Waals surface area contributed by atoms with Crippen molar-refractivity contribution in [3.8, 4) is 45.8 Å². The van der Waals surface area contributed by atoms with Crippen molar-refractivity contribution >= 4 is 29.5 Å². The maximum Gasteiger partial charge on any atom is 0.255 e. The Hall–Kier alpha value is -7.22. The van der Waals surface area contributed by atoms with E-state index in [9.17, 15) is 39.4 Å². The van der Waals surface area contributed by atoms with Crippen molar-refractivity contribution in [2.24, 2.45) is 17.2 Å². The van der Waals surface area contributed by atoms with E-state index < -0.39 is 65.9 Å². The number of rotatable bonds is 19. The van der Waals surface area contributed by atoms with Gasteiger partial charge in [-0.05, 0) is 119 Å². The fourth-order valence-electron chi connectivity index (χ4n) is 8.76. The molecule has 6 atom stereocenters. The Morgan fingerprint density at radius 2 is 1.48 bits per heavy atom. The molecule has 1 fully saturated rings. The van der Waals surface area contributed by atoms with Crippen LogP contribution in [0.25, 0.3) is 22.5 Å². The predicted octanol–water partition coefficient (Wildman–Crippen LogP) is 1.37. The van der Waals surface area contributed by atoms with Crippen LogP contribution in [-0.2, 0) is 25.6 Å². The molecule has 0 radical (unpaired) electrons. The van der Waals surface area contributed by atoms with E-state index in [4.69, 9.17) is 31.4 Å². The molecule has 12 N–H and O–H groups in total. The van der Waals surface area contributed by atoms with Gasteiger partial charge in [-0.2, -0.15) is 5.26 Å². The summed E-state index contributed by atoms with van der Waals surface area (Å²) in [5, 5.41) is 40.7. The highest BCUT2D eigenvalue weighted by atomic mass is 16.5. The van der Waals surface area contributed by atoms with Crippen LogP contribution < -0.4 is 52.7 Å². The van der Waals surface area contributed by atoms with Gasteiger partial charge in [0.25, 0.3) is 5.91 Å². The molecule has 6 unspecified atom stereocenters. The van der Waals surface area contributed by atoms with Gasteiger partial charge < -0.3 is 67.8 Å². The van der Waals surface area contributed by atoms with E-state index in [0.29, 0.717) is 33.9 Å². The average molecular weight is 1010 g/mol. The number of amides is 5. The summed E-state index contributed by atoms with van der Waals surface area (Å²) >= 11 is 0. The van der Waals surface area contributed by atoms with E-state index in [0.717, 1.165) is 41.9 Å². The van der Waals surface area contributed by atoms with Crippen LogP contribution in [0.1, 0.15) is 84.4 Å². The first kappa shape index (κ1) is 55.1. The molecule has 6 rings (SSSR count). The van der Waals surface area contributed by atoms with E-state index in [1.54, 1.807) is 38.1 Å². The minimum Gasteiger partial charge on any atom is -0.490 e. The Kier molecular flexibility index (Phi) is 19.6. The molecule has 21 heteroatoms. The second kappa shape index (κ2) is 25.9. The molecule has 2 aliphatic rings. The standard InChI is InChI=1S/C52H67N11O10/c1-29-45(30(2)59-47(58-29)33-11-14-38(15-12-33)73-37-8-6-5-7-9-37)50(68)61-41(18-19-53)52(70)63(4)46-34-13-17-44(72-28-36(65)26-56)40(24-34)39-22-32(10-16-43(39)71-27-35(64)25-55)23-42(49(67)57-21-20-54)62-48(66)31(3)60-51(46)69/h10-17,22,24,31,35-37,41-42,46,64-65H,5-9,18-19,21,23,25-28,53,55-56H2,1-4H3,(H,57,67)(H,60,69)(H,61,68)(H,62,66). The summed E-state index contributed by atoms with van der Waals surface area (Å²) in [4.78, 5) is 81.6. The second-order valence-electron chi connectivity index (χ2n) is 18.3. The zero-order valence-electron chi connectivity index (χ0n) is 41.7. The normalized spacial score (nSPS) is 18.3. The van der Waals surface area contributed by atoms with Gasteiger partial charge in [0.2, 0.25) is 23.6 Å². The molecule has 0 spiro atoms. The number of ether oxygens (including phenoxy) is 3. The topological polar surface area (TPSA) is 332 Å². The van der Waals surface area contributed by atoms with Crippen LogP contribution in [0.4, 0.5) is 0 Å². The molecular weight excluding hydrogens is 939 g/mol. The van der Waals surface area contributed by atoms with Crippen LogP contribution in [0, 0.1) is 25.2 Å². The van der Waals surface area contributed by atoms with Crippen molar-refractivity contribution in [2.75, 3.05) is 46.4 Å². The number of hydrogen-bond acceptors (Lipinski definition) is 16. The molecule has 1 aliphatic heterocycles. The van der Waals surface area contributed by atoms with Crippen molar-refractivity contribution < 1.29 is 48.4 Å². The fourth-order valence-corrected chi connectivity index (χ4v) is 8.76. The van der Waals surface area contributed by atoms with Crippen molar-refractivity contribution in [3.63, 3.8) is 0 Å². The lowest BCUT2D eigenvalue weighted by Crippen LogP contribution is -2.56. The number of nitrogens with zero attached hydrogens (tertiary/aromatic N) is 4. The number of aliphatic hydroxyl groups is 2. The largest absolute Gasteiger partial charge is 0.490 e. The number of aromatic nitrogens is 2. The van der Waals surface area contributed by atoms with Gasteiger partial charge >= 0.3 is 0 Å². The SMILES string of the molecule is Cc1nc(-c2ccc(OC3CCCCC3)cc2)nc(C)c1C(=O)NC(CCN)C(=O)N(C)C1C(=O)NC(C)C(=O)NC(C(=O)NCC#N)Cc2ccc(OCC(O)CN)c(c2)-c2cc1ccc2OCC(O)CN. The number of likely N-dealkylation sites (N-methyl/N-ethyl adjacent to an activating group) is 1. The van der Waals surface area contributed by atoms with Crippen LogP contribution in [0.2, 0.25) is 0 Å². The number of aryl methyl sites for hydroxylation is 2. The summed E-state index contributed by atoms with van der Waals surface area (Å²) in [5.41, 5.74) is 20.4. The Morgan fingerprint density at radius 1 is 0.863 bits per heavy atom. The van der Waals surface area contributed by atoms with Gasteiger partial charge in [0.1, 0.15) is 73.4 Å². The first-order chi connectivity index (χ1) is 35.0. The van der Waals surface area contributed by atoms with Crippen LogP contribution in [0.5, 0.6) is 17.2 Å². The maximum atomic E-state index is 14.8. The molecule has 4 aromatic rings. The average Bonchev–Trinajstić information content (AvgIpc) is 3.38.